The van der Waals surface area contributed by atoms with Gasteiger partial charge in [0.15, 0.2) is 8.32 Å². The second-order valence-electron chi connectivity index (χ2n) is 11.5. The number of fused-ring (bicyclic) bond motifs is 1. The van der Waals surface area contributed by atoms with Gasteiger partial charge in [-0.2, -0.15) is 0 Å². The van der Waals surface area contributed by atoms with Crippen LogP contribution in [-0.2, 0) is 4.43 Å². The van der Waals surface area contributed by atoms with Crippen LogP contribution >= 0.6 is 0 Å². The maximum absolute atomic E-state index is 9.89. The molecular weight excluding hydrogens is 360 g/mol. The summed E-state index contributed by atoms with van der Waals surface area (Å²) in [4.78, 5) is 0. The molecule has 0 aromatic rings. The molecule has 0 radical (unpaired) electrons. The van der Waals surface area contributed by atoms with Crippen molar-refractivity contribution in [1.82, 2.24) is 0 Å². The van der Waals surface area contributed by atoms with Crippen molar-refractivity contribution < 1.29 is 9.53 Å². The Morgan fingerprint density at radius 3 is 2.46 bits per heavy atom. The minimum atomic E-state index is -1.76. The lowest BCUT2D eigenvalue weighted by molar-refractivity contribution is -0.00495. The molecule has 0 spiro atoms. The van der Waals surface area contributed by atoms with E-state index >= 15 is 0 Å². The quantitative estimate of drug-likeness (QED) is 0.321. The summed E-state index contributed by atoms with van der Waals surface area (Å²) in [7, 11) is -1.76. The van der Waals surface area contributed by atoms with Gasteiger partial charge in [0.2, 0.25) is 0 Å². The van der Waals surface area contributed by atoms with E-state index in [0.29, 0.717) is 17.9 Å². The zero-order chi connectivity index (χ0) is 21.4. The first kappa shape index (κ1) is 23.7. The summed E-state index contributed by atoms with van der Waals surface area (Å²) < 4.78 is 6.98. The number of allylic oxidation sites excluding steroid dienone is 2. The van der Waals surface area contributed by atoms with Crippen molar-refractivity contribution in [3.05, 3.63) is 11.6 Å². The molecule has 0 aromatic heterocycles. The molecule has 0 aliphatic heterocycles. The van der Waals surface area contributed by atoms with Crippen LogP contribution in [-0.4, -0.2) is 25.1 Å². The summed E-state index contributed by atoms with van der Waals surface area (Å²) in [5.41, 5.74) is 0.927. The molecule has 0 bridgehead atoms. The van der Waals surface area contributed by atoms with Gasteiger partial charge in [-0.15, -0.1) is 0 Å². The molecule has 2 aliphatic rings. The molecule has 2 rings (SSSR count). The third kappa shape index (κ3) is 5.32. The van der Waals surface area contributed by atoms with E-state index in [9.17, 15) is 5.11 Å². The minimum Gasteiger partial charge on any atom is -0.414 e. The first-order valence-corrected chi connectivity index (χ1v) is 14.2. The summed E-state index contributed by atoms with van der Waals surface area (Å²) >= 11 is 0. The Morgan fingerprint density at radius 2 is 1.89 bits per heavy atom. The molecule has 1 unspecified atom stereocenters. The van der Waals surface area contributed by atoms with Crippen molar-refractivity contribution in [3.8, 4) is 11.8 Å². The second kappa shape index (κ2) is 8.29. The lowest BCUT2D eigenvalue weighted by Gasteiger charge is -2.53. The van der Waals surface area contributed by atoms with Gasteiger partial charge in [0.25, 0.3) is 0 Å². The highest BCUT2D eigenvalue weighted by atomic mass is 28.4. The van der Waals surface area contributed by atoms with Crippen LogP contribution in [0.1, 0.15) is 87.0 Å². The van der Waals surface area contributed by atoms with Crippen LogP contribution in [0.15, 0.2) is 11.6 Å². The van der Waals surface area contributed by atoms with Crippen molar-refractivity contribution in [1.29, 1.82) is 0 Å². The van der Waals surface area contributed by atoms with E-state index in [1.807, 2.05) is 0 Å². The van der Waals surface area contributed by atoms with Crippen molar-refractivity contribution in [2.45, 2.75) is 117 Å². The van der Waals surface area contributed by atoms with Gasteiger partial charge in [-0.3, -0.25) is 0 Å². The normalized spacial score (nSPS) is 30.0. The highest BCUT2D eigenvalue weighted by Crippen LogP contribution is 2.55. The molecular formula is C25H44O2Si. The predicted octanol–water partition coefficient (Wildman–Crippen LogP) is 6.70. The summed E-state index contributed by atoms with van der Waals surface area (Å²) in [6.07, 6.45) is 9.88. The number of hydrogen-bond donors (Lipinski definition) is 1. The lowest BCUT2D eigenvalue weighted by Crippen LogP contribution is -2.51. The molecule has 3 heteroatoms. The predicted molar refractivity (Wildman–Crippen MR) is 123 cm³/mol. The molecule has 160 valence electrons. The summed E-state index contributed by atoms with van der Waals surface area (Å²) in [5, 5.41) is 10.1. The Hall–Kier alpha value is -0.563. The topological polar surface area (TPSA) is 29.5 Å². The monoisotopic (exact) mass is 404 g/mol. The molecule has 1 saturated carbocycles. The average molecular weight is 405 g/mol. The van der Waals surface area contributed by atoms with Gasteiger partial charge in [0.05, 0.1) is 0 Å². The van der Waals surface area contributed by atoms with E-state index in [1.165, 1.54) is 25.7 Å². The highest BCUT2D eigenvalue weighted by molar-refractivity contribution is 6.74. The zero-order valence-electron chi connectivity index (χ0n) is 19.9. The number of rotatable bonds is 4. The van der Waals surface area contributed by atoms with Gasteiger partial charge in [-0.25, -0.2) is 0 Å². The Bertz CT molecular complexity index is 638. The van der Waals surface area contributed by atoms with Gasteiger partial charge in [0, 0.05) is 12.5 Å². The average Bonchev–Trinajstić information content (AvgIpc) is 2.51. The maximum atomic E-state index is 9.89. The lowest BCUT2D eigenvalue weighted by atomic mass is 9.56. The van der Waals surface area contributed by atoms with E-state index < -0.39 is 13.9 Å². The van der Waals surface area contributed by atoms with Crippen LogP contribution in [0.2, 0.25) is 18.1 Å². The molecule has 0 amide bonds. The van der Waals surface area contributed by atoms with Crippen LogP contribution in [0.5, 0.6) is 0 Å². The number of aliphatic hydroxyl groups is 1. The molecule has 28 heavy (non-hydrogen) atoms. The van der Waals surface area contributed by atoms with Crippen LogP contribution in [0.3, 0.4) is 0 Å². The van der Waals surface area contributed by atoms with Gasteiger partial charge in [-0.1, -0.05) is 64.5 Å². The summed E-state index contributed by atoms with van der Waals surface area (Å²) in [6, 6.07) is 0. The van der Waals surface area contributed by atoms with Crippen molar-refractivity contribution in [3.63, 3.8) is 0 Å². The highest BCUT2D eigenvalue weighted by Gasteiger charge is 2.49. The fourth-order valence-electron chi connectivity index (χ4n) is 4.97. The third-order valence-corrected chi connectivity index (χ3v) is 12.0. The van der Waals surface area contributed by atoms with E-state index in [-0.39, 0.29) is 10.5 Å². The molecule has 2 nitrogen and oxygen atoms in total. The summed E-state index contributed by atoms with van der Waals surface area (Å²) in [5.74, 6) is 7.30. The van der Waals surface area contributed by atoms with E-state index in [1.54, 1.807) is 19.4 Å². The van der Waals surface area contributed by atoms with Crippen molar-refractivity contribution in [2.24, 2.45) is 17.3 Å². The SMILES string of the molecule is CC(CC#CC(C)(C)O)C1=CCC[C@H]2[C@@H](O[Si](C)(C)C(C)(C)C)CCC[C@]12C. The smallest absolute Gasteiger partial charge is 0.192 e. The fraction of sp³-hybridized carbons (Fsp3) is 0.840. The molecule has 2 aliphatic carbocycles. The largest absolute Gasteiger partial charge is 0.414 e. The van der Waals surface area contributed by atoms with Crippen LogP contribution < -0.4 is 0 Å². The van der Waals surface area contributed by atoms with Crippen LogP contribution in [0.4, 0.5) is 0 Å². The molecule has 1 fully saturated rings. The first-order valence-electron chi connectivity index (χ1n) is 11.3. The Morgan fingerprint density at radius 1 is 1.25 bits per heavy atom. The molecule has 0 aromatic carbocycles. The molecule has 0 heterocycles. The van der Waals surface area contributed by atoms with Crippen molar-refractivity contribution in [2.75, 3.05) is 0 Å². The zero-order valence-corrected chi connectivity index (χ0v) is 20.9. The standard InChI is InChI=1S/C25H44O2Si/c1-19(13-11-17-24(5,6)26)20-14-10-15-21-22(16-12-18-25(20,21)7)27-28(8,9)23(2,3)4/h14,19,21-22,26H,10,12-13,15-16,18H2,1-9H3/t19?,21-,22-,25+/m0/s1. The first-order chi connectivity index (χ1) is 12.7. The maximum Gasteiger partial charge on any atom is 0.192 e. The third-order valence-electron chi connectivity index (χ3n) is 7.54. The Balaban J connectivity index is 2.20. The van der Waals surface area contributed by atoms with Crippen molar-refractivity contribution >= 4 is 8.32 Å². The van der Waals surface area contributed by atoms with Crippen LogP contribution in [0, 0.1) is 29.1 Å². The van der Waals surface area contributed by atoms with E-state index in [2.05, 4.69) is 65.6 Å². The number of hydrogen-bond acceptors (Lipinski definition) is 2. The van der Waals surface area contributed by atoms with Gasteiger partial charge >= 0.3 is 0 Å². The molecule has 1 N–H and O–H groups in total. The Labute approximate surface area is 175 Å². The van der Waals surface area contributed by atoms with Gasteiger partial charge in [-0.05, 0) is 74.9 Å². The van der Waals surface area contributed by atoms with E-state index in [4.69, 9.17) is 4.43 Å². The fourth-order valence-corrected chi connectivity index (χ4v) is 6.37. The second-order valence-corrected chi connectivity index (χ2v) is 16.3. The van der Waals surface area contributed by atoms with Crippen LogP contribution in [0.25, 0.3) is 0 Å². The molecule has 0 saturated heterocycles. The van der Waals surface area contributed by atoms with Gasteiger partial charge < -0.3 is 9.53 Å². The summed E-state index contributed by atoms with van der Waals surface area (Å²) in [6.45, 7) is 20.1. The van der Waals surface area contributed by atoms with E-state index in [0.717, 1.165) is 12.8 Å². The molecule has 4 atom stereocenters. The minimum absolute atomic E-state index is 0.235. The Kier molecular flexibility index (Phi) is 7.02. The van der Waals surface area contributed by atoms with Gasteiger partial charge in [0.1, 0.15) is 5.60 Å².